The summed E-state index contributed by atoms with van der Waals surface area (Å²) in [4.78, 5) is 32.2. The van der Waals surface area contributed by atoms with Crippen LogP contribution >= 0.6 is 0 Å². The lowest BCUT2D eigenvalue weighted by atomic mass is 9.76. The summed E-state index contributed by atoms with van der Waals surface area (Å²) in [5.41, 5.74) is -0.122. The fourth-order valence-electron chi connectivity index (χ4n) is 3.29. The standard InChI is InChI=1S/C17H22N4O4/c22-15(23)11-20-16(24)13-9-17(25-21-13)6-4-12(5-7-17)10-19-14-3-1-2-8-18-14/h1-3,8,12H,4-7,9-11H2,(H,18,19)(H,20,24)(H,22,23). The van der Waals surface area contributed by atoms with Crippen molar-refractivity contribution >= 4 is 23.4 Å². The van der Waals surface area contributed by atoms with Gasteiger partial charge in [-0.15, -0.1) is 0 Å². The number of hydrogen-bond acceptors (Lipinski definition) is 6. The number of carbonyl (C=O) groups is 2. The summed E-state index contributed by atoms with van der Waals surface area (Å²) in [6, 6.07) is 5.78. The Labute approximate surface area is 145 Å². The van der Waals surface area contributed by atoms with E-state index in [1.165, 1.54) is 0 Å². The molecule has 1 amide bonds. The predicted octanol–water partition coefficient (Wildman–Crippen LogP) is 1.40. The first-order valence-corrected chi connectivity index (χ1v) is 8.46. The fourth-order valence-corrected chi connectivity index (χ4v) is 3.29. The monoisotopic (exact) mass is 346 g/mol. The van der Waals surface area contributed by atoms with Gasteiger partial charge < -0.3 is 20.6 Å². The van der Waals surface area contributed by atoms with Crippen molar-refractivity contribution in [3.63, 3.8) is 0 Å². The topological polar surface area (TPSA) is 113 Å². The number of aliphatic carboxylic acids is 1. The van der Waals surface area contributed by atoms with Crippen molar-refractivity contribution in [3.05, 3.63) is 24.4 Å². The van der Waals surface area contributed by atoms with Crippen LogP contribution in [-0.2, 0) is 14.4 Å². The van der Waals surface area contributed by atoms with Gasteiger partial charge in [0, 0.05) is 19.2 Å². The second-order valence-corrected chi connectivity index (χ2v) is 6.60. The van der Waals surface area contributed by atoms with Crippen molar-refractivity contribution in [1.82, 2.24) is 10.3 Å². The van der Waals surface area contributed by atoms with Gasteiger partial charge in [0.05, 0.1) is 0 Å². The minimum absolute atomic E-state index is 0.284. The smallest absolute Gasteiger partial charge is 0.322 e. The van der Waals surface area contributed by atoms with Crippen molar-refractivity contribution < 1.29 is 19.5 Å². The molecule has 1 aliphatic carbocycles. The Kier molecular flexibility index (Phi) is 5.16. The van der Waals surface area contributed by atoms with Gasteiger partial charge in [0.15, 0.2) is 0 Å². The molecule has 1 saturated carbocycles. The highest BCUT2D eigenvalue weighted by Gasteiger charge is 2.43. The molecule has 0 atom stereocenters. The highest BCUT2D eigenvalue weighted by atomic mass is 16.7. The summed E-state index contributed by atoms with van der Waals surface area (Å²) in [6.07, 6.45) is 5.85. The van der Waals surface area contributed by atoms with Crippen LogP contribution in [0, 0.1) is 5.92 Å². The number of pyridine rings is 1. The molecule has 0 unspecified atom stereocenters. The first-order chi connectivity index (χ1) is 12.1. The number of hydrogen-bond donors (Lipinski definition) is 3. The van der Waals surface area contributed by atoms with Gasteiger partial charge in [-0.25, -0.2) is 4.98 Å². The average Bonchev–Trinajstić information content (AvgIpc) is 3.04. The molecule has 1 spiro atoms. The second kappa shape index (κ2) is 7.50. The Bertz CT molecular complexity index is 654. The number of carboxylic acid groups (broad SMARTS) is 1. The molecule has 0 aromatic carbocycles. The number of nitrogens with one attached hydrogen (secondary N) is 2. The van der Waals surface area contributed by atoms with Gasteiger partial charge in [-0.3, -0.25) is 9.59 Å². The third-order valence-corrected chi connectivity index (χ3v) is 4.75. The van der Waals surface area contributed by atoms with Crippen LogP contribution in [0.3, 0.4) is 0 Å². The lowest BCUT2D eigenvalue weighted by molar-refractivity contribution is -0.137. The average molecular weight is 346 g/mol. The normalized spacial score (nSPS) is 25.1. The number of amides is 1. The summed E-state index contributed by atoms with van der Waals surface area (Å²) < 4.78 is 0. The molecule has 0 saturated heterocycles. The number of anilines is 1. The molecule has 25 heavy (non-hydrogen) atoms. The van der Waals surface area contributed by atoms with E-state index >= 15 is 0 Å². The molecule has 2 aliphatic rings. The van der Waals surface area contributed by atoms with Crippen LogP contribution in [-0.4, -0.2) is 46.4 Å². The molecule has 1 aromatic rings. The summed E-state index contributed by atoms with van der Waals surface area (Å²) >= 11 is 0. The van der Waals surface area contributed by atoms with Crippen molar-refractivity contribution in [1.29, 1.82) is 0 Å². The molecule has 3 N–H and O–H groups in total. The van der Waals surface area contributed by atoms with E-state index in [1.807, 2.05) is 18.2 Å². The molecule has 2 heterocycles. The Morgan fingerprint density at radius 1 is 1.32 bits per heavy atom. The first kappa shape index (κ1) is 17.2. The predicted molar refractivity (Wildman–Crippen MR) is 91.2 cm³/mol. The van der Waals surface area contributed by atoms with E-state index in [0.717, 1.165) is 38.0 Å². The van der Waals surface area contributed by atoms with Gasteiger partial charge in [-0.1, -0.05) is 11.2 Å². The SMILES string of the molecule is O=C(O)CNC(=O)C1=NOC2(CCC(CNc3ccccn3)CC2)C1. The summed E-state index contributed by atoms with van der Waals surface area (Å²) in [5.74, 6) is -0.136. The largest absolute Gasteiger partial charge is 0.480 e. The molecular weight excluding hydrogens is 324 g/mol. The molecule has 1 fully saturated rings. The van der Waals surface area contributed by atoms with E-state index in [1.54, 1.807) is 6.20 Å². The van der Waals surface area contributed by atoms with Gasteiger partial charge in [0.25, 0.3) is 5.91 Å². The molecular formula is C17H22N4O4. The summed E-state index contributed by atoms with van der Waals surface area (Å²) in [7, 11) is 0. The zero-order valence-electron chi connectivity index (χ0n) is 13.9. The maximum Gasteiger partial charge on any atom is 0.322 e. The van der Waals surface area contributed by atoms with Crippen LogP contribution < -0.4 is 10.6 Å². The highest BCUT2D eigenvalue weighted by Crippen LogP contribution is 2.40. The molecule has 0 radical (unpaired) electrons. The summed E-state index contributed by atoms with van der Waals surface area (Å²) in [6.45, 7) is 0.450. The highest BCUT2D eigenvalue weighted by molar-refractivity contribution is 6.39. The fraction of sp³-hybridized carbons (Fsp3) is 0.529. The van der Waals surface area contributed by atoms with Crippen molar-refractivity contribution in [3.8, 4) is 0 Å². The molecule has 8 heteroatoms. The van der Waals surface area contributed by atoms with Gasteiger partial charge in [-0.2, -0.15) is 0 Å². The van der Waals surface area contributed by atoms with Crippen LogP contribution in [0.15, 0.2) is 29.6 Å². The lowest BCUT2D eigenvalue weighted by Gasteiger charge is -2.34. The number of rotatable bonds is 6. The van der Waals surface area contributed by atoms with Gasteiger partial charge in [-0.05, 0) is 43.7 Å². The second-order valence-electron chi connectivity index (χ2n) is 6.60. The Hall–Kier alpha value is -2.64. The number of oxime groups is 1. The van der Waals surface area contributed by atoms with E-state index in [-0.39, 0.29) is 5.71 Å². The summed E-state index contributed by atoms with van der Waals surface area (Å²) in [5, 5.41) is 18.2. The maximum absolute atomic E-state index is 11.9. The van der Waals surface area contributed by atoms with Crippen molar-refractivity contribution in [2.75, 3.05) is 18.4 Å². The number of carboxylic acids is 1. The van der Waals surface area contributed by atoms with E-state index < -0.39 is 24.0 Å². The lowest BCUT2D eigenvalue weighted by Crippen LogP contribution is -2.39. The van der Waals surface area contributed by atoms with E-state index in [0.29, 0.717) is 12.3 Å². The zero-order chi connectivity index (χ0) is 17.7. The van der Waals surface area contributed by atoms with Crippen molar-refractivity contribution in [2.45, 2.75) is 37.7 Å². The number of aromatic nitrogens is 1. The van der Waals surface area contributed by atoms with Crippen LogP contribution in [0.25, 0.3) is 0 Å². The van der Waals surface area contributed by atoms with E-state index in [4.69, 9.17) is 9.94 Å². The molecule has 1 aliphatic heterocycles. The van der Waals surface area contributed by atoms with E-state index in [9.17, 15) is 9.59 Å². The van der Waals surface area contributed by atoms with Crippen LogP contribution in [0.4, 0.5) is 5.82 Å². The number of carbonyl (C=O) groups excluding carboxylic acids is 1. The van der Waals surface area contributed by atoms with Crippen LogP contribution in [0.2, 0.25) is 0 Å². The van der Waals surface area contributed by atoms with Gasteiger partial charge in [0.1, 0.15) is 23.7 Å². The van der Waals surface area contributed by atoms with E-state index in [2.05, 4.69) is 20.8 Å². The minimum Gasteiger partial charge on any atom is -0.480 e. The Balaban J connectivity index is 1.43. The number of nitrogens with zero attached hydrogens (tertiary/aromatic N) is 2. The Morgan fingerprint density at radius 2 is 2.12 bits per heavy atom. The zero-order valence-corrected chi connectivity index (χ0v) is 13.9. The third kappa shape index (κ3) is 4.46. The molecule has 3 rings (SSSR count). The molecule has 0 bridgehead atoms. The molecule has 134 valence electrons. The first-order valence-electron chi connectivity index (χ1n) is 8.46. The van der Waals surface area contributed by atoms with Gasteiger partial charge in [0.2, 0.25) is 0 Å². The molecule has 8 nitrogen and oxygen atoms in total. The minimum atomic E-state index is -1.08. The molecule has 1 aromatic heterocycles. The van der Waals surface area contributed by atoms with Crippen LogP contribution in [0.5, 0.6) is 0 Å². The van der Waals surface area contributed by atoms with Crippen molar-refractivity contribution in [2.24, 2.45) is 11.1 Å². The Morgan fingerprint density at radius 3 is 2.80 bits per heavy atom. The quantitative estimate of drug-likeness (QED) is 0.718. The van der Waals surface area contributed by atoms with Gasteiger partial charge >= 0.3 is 5.97 Å². The third-order valence-electron chi connectivity index (χ3n) is 4.75. The maximum atomic E-state index is 11.9. The van der Waals surface area contributed by atoms with Crippen LogP contribution in [0.1, 0.15) is 32.1 Å².